The van der Waals surface area contributed by atoms with Gasteiger partial charge in [0, 0.05) is 17.6 Å². The Morgan fingerprint density at radius 2 is 2.26 bits per heavy atom. The number of hydrogen-bond acceptors (Lipinski definition) is 6. The highest BCUT2D eigenvalue weighted by Gasteiger charge is 2.08. The van der Waals surface area contributed by atoms with Crippen molar-refractivity contribution in [1.29, 1.82) is 0 Å². The number of thiazole rings is 1. The Morgan fingerprint density at radius 1 is 1.42 bits per heavy atom. The second-order valence-corrected chi connectivity index (χ2v) is 4.52. The summed E-state index contributed by atoms with van der Waals surface area (Å²) in [5.74, 6) is 0.295. The van der Waals surface area contributed by atoms with E-state index in [4.69, 9.17) is 0 Å². The van der Waals surface area contributed by atoms with E-state index in [9.17, 15) is 9.59 Å². The smallest absolute Gasteiger partial charge is 0.304 e. The molecule has 0 saturated carbocycles. The second kappa shape index (κ2) is 6.10. The Morgan fingerprint density at radius 3 is 2.84 bits per heavy atom. The van der Waals surface area contributed by atoms with Crippen molar-refractivity contribution in [3.8, 4) is 0 Å². The van der Waals surface area contributed by atoms with E-state index in [0.29, 0.717) is 11.5 Å². The normalized spacial score (nSPS) is 10.2. The van der Waals surface area contributed by atoms with Crippen LogP contribution >= 0.6 is 11.3 Å². The Hall–Kier alpha value is -2.22. The molecule has 2 rings (SSSR count). The van der Waals surface area contributed by atoms with E-state index in [1.807, 2.05) is 6.92 Å². The van der Waals surface area contributed by atoms with Crippen molar-refractivity contribution in [3.05, 3.63) is 38.8 Å². The minimum Gasteiger partial charge on any atom is -0.369 e. The highest BCUT2D eigenvalue weighted by atomic mass is 32.1. The number of rotatable bonds is 5. The second-order valence-electron chi connectivity index (χ2n) is 3.67. The quantitative estimate of drug-likeness (QED) is 0.743. The monoisotopic (exact) mass is 279 g/mol. The summed E-state index contributed by atoms with van der Waals surface area (Å²) in [6.45, 7) is 2.95. The molecule has 100 valence electrons. The number of anilines is 1. The first kappa shape index (κ1) is 13.2. The standard InChI is InChI=1S/C11H13N5O2S/c1-2-12-9-5-13-8(4-14-9)10(17)15-3-7-6-19-11(18)16-7/h4-6H,2-3H2,1H3,(H,12,14)(H,15,17)(H,16,18). The molecular weight excluding hydrogens is 266 g/mol. The molecule has 2 aromatic rings. The topological polar surface area (TPSA) is 99.8 Å². The maximum Gasteiger partial charge on any atom is 0.304 e. The molecule has 0 aliphatic rings. The van der Waals surface area contributed by atoms with Crippen LogP contribution in [0.5, 0.6) is 0 Å². The Bertz CT molecular complexity index is 604. The average Bonchev–Trinajstić information content (AvgIpc) is 2.83. The van der Waals surface area contributed by atoms with Crippen LogP contribution in [0.15, 0.2) is 22.6 Å². The average molecular weight is 279 g/mol. The first-order chi connectivity index (χ1) is 9.19. The summed E-state index contributed by atoms with van der Waals surface area (Å²) < 4.78 is 0. The predicted octanol–water partition coefficient (Wildman–Crippen LogP) is 0.588. The van der Waals surface area contributed by atoms with Crippen molar-refractivity contribution in [2.75, 3.05) is 11.9 Å². The van der Waals surface area contributed by atoms with Crippen LogP contribution in [0, 0.1) is 0 Å². The number of amides is 1. The number of nitrogens with one attached hydrogen (secondary N) is 3. The predicted molar refractivity (Wildman–Crippen MR) is 72.3 cm³/mol. The first-order valence-corrected chi connectivity index (χ1v) is 6.58. The number of aromatic nitrogens is 3. The van der Waals surface area contributed by atoms with Crippen molar-refractivity contribution in [1.82, 2.24) is 20.3 Å². The van der Waals surface area contributed by atoms with Crippen molar-refractivity contribution < 1.29 is 4.79 Å². The molecule has 19 heavy (non-hydrogen) atoms. The lowest BCUT2D eigenvalue weighted by molar-refractivity contribution is 0.0945. The van der Waals surface area contributed by atoms with Gasteiger partial charge in [-0.15, -0.1) is 0 Å². The van der Waals surface area contributed by atoms with Crippen LogP contribution < -0.4 is 15.5 Å². The fraction of sp³-hybridized carbons (Fsp3) is 0.273. The highest BCUT2D eigenvalue weighted by Crippen LogP contribution is 2.01. The summed E-state index contributed by atoms with van der Waals surface area (Å²) in [4.78, 5) is 33.2. The van der Waals surface area contributed by atoms with Gasteiger partial charge in [0.15, 0.2) is 0 Å². The largest absolute Gasteiger partial charge is 0.369 e. The van der Waals surface area contributed by atoms with Crippen molar-refractivity contribution in [2.45, 2.75) is 13.5 Å². The van der Waals surface area contributed by atoms with E-state index in [1.165, 1.54) is 12.4 Å². The summed E-state index contributed by atoms with van der Waals surface area (Å²) in [6, 6.07) is 0. The Kier molecular flexibility index (Phi) is 4.24. The maximum absolute atomic E-state index is 11.8. The zero-order chi connectivity index (χ0) is 13.7. The number of aromatic amines is 1. The maximum atomic E-state index is 11.8. The summed E-state index contributed by atoms with van der Waals surface area (Å²) in [7, 11) is 0. The lowest BCUT2D eigenvalue weighted by Crippen LogP contribution is -2.24. The van der Waals surface area contributed by atoms with Crippen molar-refractivity contribution >= 4 is 23.1 Å². The SMILES string of the molecule is CCNc1cnc(C(=O)NCc2csc(=O)[nH]2)cn1. The van der Waals surface area contributed by atoms with Crippen LogP contribution in [0.4, 0.5) is 5.82 Å². The molecule has 2 heterocycles. The molecule has 0 saturated heterocycles. The molecule has 0 atom stereocenters. The van der Waals surface area contributed by atoms with Gasteiger partial charge in [-0.1, -0.05) is 11.3 Å². The van der Waals surface area contributed by atoms with Gasteiger partial charge in [-0.3, -0.25) is 9.59 Å². The van der Waals surface area contributed by atoms with Crippen LogP contribution in [0.3, 0.4) is 0 Å². The zero-order valence-corrected chi connectivity index (χ0v) is 11.1. The fourth-order valence-corrected chi connectivity index (χ4v) is 1.97. The third-order valence-electron chi connectivity index (χ3n) is 2.25. The summed E-state index contributed by atoms with van der Waals surface area (Å²) >= 11 is 1.06. The first-order valence-electron chi connectivity index (χ1n) is 5.70. The lowest BCUT2D eigenvalue weighted by atomic mass is 10.4. The van der Waals surface area contributed by atoms with Crippen LogP contribution in [-0.4, -0.2) is 27.4 Å². The van der Waals surface area contributed by atoms with E-state index in [2.05, 4.69) is 25.6 Å². The summed E-state index contributed by atoms with van der Waals surface area (Å²) in [5.41, 5.74) is 0.903. The van der Waals surface area contributed by atoms with Gasteiger partial charge in [0.1, 0.15) is 11.5 Å². The lowest BCUT2D eigenvalue weighted by Gasteiger charge is -2.04. The molecule has 8 heteroatoms. The minimum atomic E-state index is -0.331. The molecule has 2 aromatic heterocycles. The zero-order valence-electron chi connectivity index (χ0n) is 10.3. The van der Waals surface area contributed by atoms with Gasteiger partial charge in [-0.25, -0.2) is 9.97 Å². The number of carbonyl (C=O) groups excluding carboxylic acids is 1. The molecule has 0 unspecified atom stereocenters. The van der Waals surface area contributed by atoms with E-state index in [-0.39, 0.29) is 23.0 Å². The molecule has 0 bridgehead atoms. The Labute approximate surface area is 113 Å². The molecule has 0 spiro atoms. The van der Waals surface area contributed by atoms with Crippen LogP contribution in [0.1, 0.15) is 23.1 Å². The fourth-order valence-electron chi connectivity index (χ4n) is 1.38. The summed E-state index contributed by atoms with van der Waals surface area (Å²) in [6.07, 6.45) is 2.91. The van der Waals surface area contributed by atoms with Crippen molar-refractivity contribution in [3.63, 3.8) is 0 Å². The molecule has 0 aliphatic carbocycles. The third-order valence-corrected chi connectivity index (χ3v) is 2.97. The number of H-pyrrole nitrogens is 1. The molecule has 3 N–H and O–H groups in total. The molecule has 7 nitrogen and oxygen atoms in total. The van der Waals surface area contributed by atoms with E-state index in [1.54, 1.807) is 5.38 Å². The summed E-state index contributed by atoms with van der Waals surface area (Å²) in [5, 5.41) is 7.31. The third kappa shape index (κ3) is 3.62. The molecule has 1 amide bonds. The molecule has 0 aliphatic heterocycles. The van der Waals surface area contributed by atoms with Crippen LogP contribution in [0.25, 0.3) is 0 Å². The highest BCUT2D eigenvalue weighted by molar-refractivity contribution is 7.07. The van der Waals surface area contributed by atoms with Gasteiger partial charge in [0.05, 0.1) is 18.9 Å². The number of nitrogens with zero attached hydrogens (tertiary/aromatic N) is 2. The molecular formula is C11H13N5O2S. The van der Waals surface area contributed by atoms with Gasteiger partial charge >= 0.3 is 4.87 Å². The van der Waals surface area contributed by atoms with Gasteiger partial charge in [-0.2, -0.15) is 0 Å². The van der Waals surface area contributed by atoms with Crippen LogP contribution in [-0.2, 0) is 6.54 Å². The van der Waals surface area contributed by atoms with Gasteiger partial charge in [0.2, 0.25) is 0 Å². The van der Waals surface area contributed by atoms with Gasteiger partial charge in [0.25, 0.3) is 5.91 Å². The number of hydrogen-bond donors (Lipinski definition) is 3. The van der Waals surface area contributed by atoms with Crippen LogP contribution in [0.2, 0.25) is 0 Å². The number of carbonyl (C=O) groups is 1. The van der Waals surface area contributed by atoms with Crippen molar-refractivity contribution in [2.24, 2.45) is 0 Å². The van der Waals surface area contributed by atoms with Gasteiger partial charge in [-0.05, 0) is 6.92 Å². The van der Waals surface area contributed by atoms with E-state index < -0.39 is 0 Å². The molecule has 0 radical (unpaired) electrons. The molecule has 0 fully saturated rings. The van der Waals surface area contributed by atoms with E-state index in [0.717, 1.165) is 17.9 Å². The Balaban J connectivity index is 1.94. The molecule has 0 aromatic carbocycles. The van der Waals surface area contributed by atoms with E-state index >= 15 is 0 Å². The minimum absolute atomic E-state index is 0.140. The van der Waals surface area contributed by atoms with Gasteiger partial charge < -0.3 is 15.6 Å².